The van der Waals surface area contributed by atoms with Crippen molar-refractivity contribution < 1.29 is 24.2 Å². The van der Waals surface area contributed by atoms with Crippen molar-refractivity contribution in [1.82, 2.24) is 5.32 Å². The largest absolute Gasteiger partial charge is 0.480 e. The van der Waals surface area contributed by atoms with Gasteiger partial charge >= 0.3 is 12.1 Å². The molecule has 2 amide bonds. The molecule has 33 heavy (non-hydrogen) atoms. The van der Waals surface area contributed by atoms with E-state index in [1.807, 2.05) is 24.3 Å². The van der Waals surface area contributed by atoms with Gasteiger partial charge in [0.2, 0.25) is 0 Å². The highest BCUT2D eigenvalue weighted by molar-refractivity contribution is 5.98. The van der Waals surface area contributed by atoms with Crippen molar-refractivity contribution >= 4 is 23.7 Å². The maximum absolute atomic E-state index is 12.4. The van der Waals surface area contributed by atoms with E-state index < -0.39 is 23.5 Å². The third kappa shape index (κ3) is 4.57. The van der Waals surface area contributed by atoms with E-state index >= 15 is 0 Å². The Morgan fingerprint density at radius 2 is 1.42 bits per heavy atom. The molecule has 0 heterocycles. The SMILES string of the molecule is CC(C)(NC(=O)c1ccc(NC(=O)OCC2c3ccccc3-c3ccccc32)cc1)C(=O)O. The second-order valence-electron chi connectivity index (χ2n) is 8.41. The number of aliphatic carboxylic acids is 1. The molecule has 1 aliphatic rings. The van der Waals surface area contributed by atoms with Gasteiger partial charge in [-0.3, -0.25) is 10.1 Å². The minimum absolute atomic E-state index is 0.0354. The number of benzene rings is 3. The molecule has 3 aromatic rings. The van der Waals surface area contributed by atoms with Gasteiger partial charge in [0.25, 0.3) is 5.91 Å². The molecule has 0 unspecified atom stereocenters. The van der Waals surface area contributed by atoms with Gasteiger partial charge in [0.1, 0.15) is 12.1 Å². The van der Waals surface area contributed by atoms with Gasteiger partial charge in [0, 0.05) is 17.2 Å². The summed E-state index contributed by atoms with van der Waals surface area (Å²) in [7, 11) is 0. The van der Waals surface area contributed by atoms with Crippen LogP contribution in [0.5, 0.6) is 0 Å². The average molecular weight is 444 g/mol. The first-order valence-electron chi connectivity index (χ1n) is 10.5. The number of carbonyl (C=O) groups is 3. The van der Waals surface area contributed by atoms with Crippen molar-refractivity contribution in [3.8, 4) is 11.1 Å². The predicted molar refractivity (Wildman–Crippen MR) is 124 cm³/mol. The van der Waals surface area contributed by atoms with Crippen LogP contribution in [-0.2, 0) is 9.53 Å². The van der Waals surface area contributed by atoms with Gasteiger partial charge in [-0.2, -0.15) is 0 Å². The number of rotatable bonds is 6. The molecule has 168 valence electrons. The van der Waals surface area contributed by atoms with Crippen molar-refractivity contribution in [3.05, 3.63) is 89.5 Å². The first-order valence-corrected chi connectivity index (χ1v) is 10.5. The Morgan fingerprint density at radius 1 is 0.879 bits per heavy atom. The van der Waals surface area contributed by atoms with Crippen LogP contribution >= 0.6 is 0 Å². The summed E-state index contributed by atoms with van der Waals surface area (Å²) in [4.78, 5) is 35.8. The van der Waals surface area contributed by atoms with E-state index in [0.29, 0.717) is 5.69 Å². The molecule has 1 aliphatic carbocycles. The number of anilines is 1. The van der Waals surface area contributed by atoms with Gasteiger partial charge in [-0.15, -0.1) is 0 Å². The maximum atomic E-state index is 12.4. The zero-order chi connectivity index (χ0) is 23.6. The van der Waals surface area contributed by atoms with Crippen molar-refractivity contribution in [3.63, 3.8) is 0 Å². The summed E-state index contributed by atoms with van der Waals surface area (Å²) in [6.45, 7) is 3.01. The monoisotopic (exact) mass is 444 g/mol. The Hall–Kier alpha value is -4.13. The van der Waals surface area contributed by atoms with Crippen LogP contribution in [0.4, 0.5) is 10.5 Å². The fourth-order valence-electron chi connectivity index (χ4n) is 3.87. The number of carboxylic acid groups (broad SMARTS) is 1. The Balaban J connectivity index is 1.37. The Bertz CT molecular complexity index is 1170. The van der Waals surface area contributed by atoms with Crippen LogP contribution in [0, 0.1) is 0 Å². The van der Waals surface area contributed by atoms with Gasteiger partial charge in [0.05, 0.1) is 0 Å². The molecular weight excluding hydrogens is 420 g/mol. The lowest BCUT2D eigenvalue weighted by Gasteiger charge is -2.21. The van der Waals surface area contributed by atoms with Crippen molar-refractivity contribution in [2.75, 3.05) is 11.9 Å². The van der Waals surface area contributed by atoms with E-state index in [9.17, 15) is 14.4 Å². The van der Waals surface area contributed by atoms with Crippen LogP contribution in [0.1, 0.15) is 41.3 Å². The third-order valence-corrected chi connectivity index (χ3v) is 5.70. The number of fused-ring (bicyclic) bond motifs is 3. The third-order valence-electron chi connectivity index (χ3n) is 5.70. The minimum atomic E-state index is -1.39. The summed E-state index contributed by atoms with van der Waals surface area (Å²) in [6, 6.07) is 22.3. The van der Waals surface area contributed by atoms with E-state index in [4.69, 9.17) is 9.84 Å². The normalized spacial score (nSPS) is 12.4. The molecule has 0 fully saturated rings. The van der Waals surface area contributed by atoms with Gasteiger partial charge in [-0.1, -0.05) is 48.5 Å². The molecule has 0 aliphatic heterocycles. The van der Waals surface area contributed by atoms with Crippen LogP contribution in [0.15, 0.2) is 72.8 Å². The summed E-state index contributed by atoms with van der Waals surface area (Å²) in [5.74, 6) is -1.69. The number of carboxylic acids is 1. The number of carbonyl (C=O) groups excluding carboxylic acids is 2. The molecule has 7 heteroatoms. The van der Waals surface area contributed by atoms with Crippen LogP contribution in [-0.4, -0.2) is 35.2 Å². The second-order valence-corrected chi connectivity index (χ2v) is 8.41. The number of nitrogens with one attached hydrogen (secondary N) is 2. The van der Waals surface area contributed by atoms with Gasteiger partial charge < -0.3 is 15.2 Å². The van der Waals surface area contributed by atoms with E-state index in [1.165, 1.54) is 26.0 Å². The first kappa shape index (κ1) is 22.1. The number of amides is 2. The smallest absolute Gasteiger partial charge is 0.411 e. The molecule has 7 nitrogen and oxygen atoms in total. The lowest BCUT2D eigenvalue weighted by Crippen LogP contribution is -2.49. The minimum Gasteiger partial charge on any atom is -0.480 e. The molecule has 3 aromatic carbocycles. The van der Waals surface area contributed by atoms with Crippen LogP contribution < -0.4 is 10.6 Å². The van der Waals surface area contributed by atoms with E-state index in [0.717, 1.165) is 22.3 Å². The lowest BCUT2D eigenvalue weighted by atomic mass is 9.98. The van der Waals surface area contributed by atoms with Crippen LogP contribution in [0.3, 0.4) is 0 Å². The van der Waals surface area contributed by atoms with E-state index in [-0.39, 0.29) is 18.1 Å². The summed E-state index contributed by atoms with van der Waals surface area (Å²) < 4.78 is 5.52. The molecule has 0 saturated carbocycles. The molecule has 0 atom stereocenters. The number of ether oxygens (including phenoxy) is 1. The zero-order valence-corrected chi connectivity index (χ0v) is 18.3. The van der Waals surface area contributed by atoms with Gasteiger partial charge in [-0.25, -0.2) is 9.59 Å². The second kappa shape index (κ2) is 8.78. The number of hydrogen-bond donors (Lipinski definition) is 3. The summed E-state index contributed by atoms with van der Waals surface area (Å²) in [5, 5.41) is 14.3. The zero-order valence-electron chi connectivity index (χ0n) is 18.3. The first-order chi connectivity index (χ1) is 15.8. The van der Waals surface area contributed by atoms with Gasteiger partial charge in [0.15, 0.2) is 0 Å². The molecule has 0 bridgehead atoms. The maximum Gasteiger partial charge on any atom is 0.411 e. The van der Waals surface area contributed by atoms with E-state index in [1.54, 1.807) is 12.1 Å². The Kier molecular flexibility index (Phi) is 5.87. The highest BCUT2D eigenvalue weighted by Crippen LogP contribution is 2.44. The van der Waals surface area contributed by atoms with Crippen LogP contribution in [0.2, 0.25) is 0 Å². The summed E-state index contributed by atoms with van der Waals surface area (Å²) >= 11 is 0. The fourth-order valence-corrected chi connectivity index (χ4v) is 3.87. The van der Waals surface area contributed by atoms with Crippen LogP contribution in [0.25, 0.3) is 11.1 Å². The van der Waals surface area contributed by atoms with E-state index in [2.05, 4.69) is 34.9 Å². The van der Waals surface area contributed by atoms with Crippen molar-refractivity contribution in [1.29, 1.82) is 0 Å². The fraction of sp³-hybridized carbons (Fsp3) is 0.192. The molecule has 0 radical (unpaired) electrons. The standard InChI is InChI=1S/C26H24N2O5/c1-26(2,24(30)31)28-23(29)16-11-13-17(14-12-16)27-25(32)33-15-22-20-9-5-3-7-18(20)19-8-4-6-10-21(19)22/h3-14,22H,15H2,1-2H3,(H,27,32)(H,28,29)(H,30,31). The topological polar surface area (TPSA) is 105 Å². The quantitative estimate of drug-likeness (QED) is 0.514. The van der Waals surface area contributed by atoms with Gasteiger partial charge in [-0.05, 0) is 60.4 Å². The Morgan fingerprint density at radius 3 is 1.97 bits per heavy atom. The molecular formula is C26H24N2O5. The summed E-state index contributed by atoms with van der Waals surface area (Å²) in [5.41, 5.74) is 3.92. The molecule has 0 aromatic heterocycles. The lowest BCUT2D eigenvalue weighted by molar-refractivity contribution is -0.143. The molecule has 4 rings (SSSR count). The number of hydrogen-bond acceptors (Lipinski definition) is 4. The summed E-state index contributed by atoms with van der Waals surface area (Å²) in [6.07, 6.45) is -0.596. The van der Waals surface area contributed by atoms with Crippen molar-refractivity contribution in [2.45, 2.75) is 25.3 Å². The average Bonchev–Trinajstić information content (AvgIpc) is 3.11. The molecule has 0 saturated heterocycles. The van der Waals surface area contributed by atoms with Crippen molar-refractivity contribution in [2.24, 2.45) is 0 Å². The predicted octanol–water partition coefficient (Wildman–Crippen LogP) is 4.64. The highest BCUT2D eigenvalue weighted by Gasteiger charge is 2.30. The molecule has 0 spiro atoms. The molecule has 3 N–H and O–H groups in total. The Labute approximate surface area is 191 Å². The highest BCUT2D eigenvalue weighted by atomic mass is 16.5.